The second-order valence-electron chi connectivity index (χ2n) is 7.10. The lowest BCUT2D eigenvalue weighted by atomic mass is 10.1. The van der Waals surface area contributed by atoms with Gasteiger partial charge in [0.2, 0.25) is 0 Å². The van der Waals surface area contributed by atoms with Crippen molar-refractivity contribution in [3.05, 3.63) is 83.9 Å². The summed E-state index contributed by atoms with van der Waals surface area (Å²) in [5, 5.41) is 7.61. The Bertz CT molecular complexity index is 1130. The van der Waals surface area contributed by atoms with Crippen LogP contribution in [0.1, 0.15) is 18.1 Å². The van der Waals surface area contributed by atoms with E-state index in [0.29, 0.717) is 36.8 Å². The van der Waals surface area contributed by atoms with Crippen LogP contribution in [0.2, 0.25) is 0 Å². The molecule has 0 saturated carbocycles. The lowest BCUT2D eigenvalue weighted by Crippen LogP contribution is -2.34. The molecule has 0 aliphatic carbocycles. The van der Waals surface area contributed by atoms with Crippen LogP contribution in [-0.2, 0) is 11.2 Å². The van der Waals surface area contributed by atoms with Gasteiger partial charge in [0.05, 0.1) is 17.6 Å². The smallest absolute Gasteiger partial charge is 0.162 e. The summed E-state index contributed by atoms with van der Waals surface area (Å²) in [4.78, 5) is 11.9. The highest BCUT2D eigenvalue weighted by atomic mass is 19.1. The summed E-state index contributed by atoms with van der Waals surface area (Å²) in [6.07, 6.45) is 5.60. The first-order chi connectivity index (χ1) is 14.6. The lowest BCUT2D eigenvalue weighted by Gasteiger charge is -2.24. The van der Waals surface area contributed by atoms with Crippen molar-refractivity contribution in [1.82, 2.24) is 20.6 Å². The standard InChI is InChI=1S/C23H24FN5O/c1-15(18-9-19(24)12-25-10-18)29-22-13-26-14-30-23(22)16(2)27-8-7-17-11-28-21-6-4-3-5-20(17)21/h3-6,9-12,26,28-29H,1,7-8,13-14H2,2H3. The largest absolute Gasteiger partial charge is 0.475 e. The Morgan fingerprint density at radius 2 is 2.20 bits per heavy atom. The molecule has 0 bridgehead atoms. The average molecular weight is 405 g/mol. The molecular formula is C23H24FN5O. The van der Waals surface area contributed by atoms with Gasteiger partial charge in [-0.3, -0.25) is 15.3 Å². The molecule has 3 aromatic rings. The molecule has 1 aliphatic rings. The zero-order valence-corrected chi connectivity index (χ0v) is 16.8. The number of nitrogens with zero attached hydrogens (tertiary/aromatic N) is 2. The Balaban J connectivity index is 1.47. The second-order valence-corrected chi connectivity index (χ2v) is 7.10. The Hall–Kier alpha value is -3.45. The van der Waals surface area contributed by atoms with Crippen LogP contribution in [0.5, 0.6) is 0 Å². The molecule has 0 spiro atoms. The summed E-state index contributed by atoms with van der Waals surface area (Å²) in [5.41, 5.74) is 5.13. The van der Waals surface area contributed by atoms with Crippen molar-refractivity contribution < 1.29 is 9.13 Å². The molecule has 30 heavy (non-hydrogen) atoms. The van der Waals surface area contributed by atoms with Crippen molar-refractivity contribution in [2.75, 3.05) is 19.8 Å². The number of pyridine rings is 1. The number of fused-ring (bicyclic) bond motifs is 1. The highest BCUT2D eigenvalue weighted by Gasteiger charge is 2.17. The summed E-state index contributed by atoms with van der Waals surface area (Å²) < 4.78 is 19.3. The van der Waals surface area contributed by atoms with Gasteiger partial charge >= 0.3 is 0 Å². The topological polar surface area (TPSA) is 74.3 Å². The Morgan fingerprint density at radius 1 is 1.33 bits per heavy atom. The molecule has 6 nitrogen and oxygen atoms in total. The normalized spacial score (nSPS) is 14.7. The van der Waals surface area contributed by atoms with E-state index in [1.807, 2.05) is 25.3 Å². The first-order valence-corrected chi connectivity index (χ1v) is 9.82. The molecule has 154 valence electrons. The van der Waals surface area contributed by atoms with Crippen molar-refractivity contribution in [3.8, 4) is 0 Å². The van der Waals surface area contributed by atoms with Crippen molar-refractivity contribution >= 4 is 22.3 Å². The van der Waals surface area contributed by atoms with Crippen LogP contribution < -0.4 is 10.6 Å². The van der Waals surface area contributed by atoms with E-state index in [1.165, 1.54) is 17.0 Å². The minimum absolute atomic E-state index is 0.405. The van der Waals surface area contributed by atoms with Gasteiger partial charge in [-0.05, 0) is 31.0 Å². The van der Waals surface area contributed by atoms with Gasteiger partial charge in [0, 0.05) is 47.6 Å². The van der Waals surface area contributed by atoms with Crippen molar-refractivity contribution in [1.29, 1.82) is 0 Å². The molecule has 4 rings (SSSR count). The fourth-order valence-corrected chi connectivity index (χ4v) is 3.48. The van der Waals surface area contributed by atoms with Crippen molar-refractivity contribution in [2.45, 2.75) is 13.3 Å². The number of hydrogen-bond donors (Lipinski definition) is 3. The van der Waals surface area contributed by atoms with E-state index in [4.69, 9.17) is 9.73 Å². The van der Waals surface area contributed by atoms with Gasteiger partial charge in [0.25, 0.3) is 0 Å². The Morgan fingerprint density at radius 3 is 3.07 bits per heavy atom. The summed E-state index contributed by atoms with van der Waals surface area (Å²) in [6.45, 7) is 7.57. The molecule has 0 saturated heterocycles. The maximum atomic E-state index is 13.5. The number of allylic oxidation sites excluding steroid dienone is 1. The number of nitrogens with one attached hydrogen (secondary N) is 3. The lowest BCUT2D eigenvalue weighted by molar-refractivity contribution is 0.186. The molecule has 2 aromatic heterocycles. The first-order valence-electron chi connectivity index (χ1n) is 9.82. The zero-order chi connectivity index (χ0) is 20.9. The van der Waals surface area contributed by atoms with E-state index < -0.39 is 5.82 Å². The minimum atomic E-state index is -0.405. The molecule has 7 heteroatoms. The summed E-state index contributed by atoms with van der Waals surface area (Å²) >= 11 is 0. The number of hydrogen-bond acceptors (Lipinski definition) is 5. The number of ether oxygens (including phenoxy) is 1. The fourth-order valence-electron chi connectivity index (χ4n) is 3.48. The van der Waals surface area contributed by atoms with Crippen molar-refractivity contribution in [3.63, 3.8) is 0 Å². The van der Waals surface area contributed by atoms with E-state index in [1.54, 1.807) is 6.20 Å². The molecule has 3 heterocycles. The predicted molar refractivity (Wildman–Crippen MR) is 117 cm³/mol. The van der Waals surface area contributed by atoms with Crippen molar-refractivity contribution in [2.24, 2.45) is 4.99 Å². The molecule has 0 fully saturated rings. The maximum absolute atomic E-state index is 13.5. The van der Waals surface area contributed by atoms with Gasteiger partial charge < -0.3 is 15.0 Å². The summed E-state index contributed by atoms with van der Waals surface area (Å²) in [5.74, 6) is 0.288. The van der Waals surface area contributed by atoms with Gasteiger partial charge in [-0.25, -0.2) is 4.39 Å². The number of rotatable bonds is 7. The van der Waals surface area contributed by atoms with Gasteiger partial charge in [-0.15, -0.1) is 0 Å². The molecule has 1 aliphatic heterocycles. The van der Waals surface area contributed by atoms with E-state index in [0.717, 1.165) is 29.5 Å². The molecule has 0 atom stereocenters. The number of benzene rings is 1. The van der Waals surface area contributed by atoms with Crippen LogP contribution in [0.3, 0.4) is 0 Å². The highest BCUT2D eigenvalue weighted by Crippen LogP contribution is 2.19. The third-order valence-corrected chi connectivity index (χ3v) is 4.98. The molecule has 1 aromatic carbocycles. The third-order valence-electron chi connectivity index (χ3n) is 4.98. The number of aromatic nitrogens is 2. The molecule has 0 amide bonds. The van der Waals surface area contributed by atoms with Crippen LogP contribution in [0.25, 0.3) is 16.6 Å². The number of aromatic amines is 1. The molecule has 0 radical (unpaired) electrons. The number of para-hydroxylation sites is 1. The monoisotopic (exact) mass is 405 g/mol. The SMILES string of the molecule is C=C(NC1=C(C(C)=NCCc2c[nH]c3ccccc23)OCNC1)c1cncc(F)c1. The number of H-pyrrole nitrogens is 1. The van der Waals surface area contributed by atoms with Crippen LogP contribution in [0, 0.1) is 5.82 Å². The fraction of sp³-hybridized carbons (Fsp3) is 0.217. The van der Waals surface area contributed by atoms with Crippen LogP contribution in [-0.4, -0.2) is 35.5 Å². The maximum Gasteiger partial charge on any atom is 0.162 e. The Kier molecular flexibility index (Phi) is 5.90. The summed E-state index contributed by atoms with van der Waals surface area (Å²) in [7, 11) is 0. The third kappa shape index (κ3) is 4.41. The van der Waals surface area contributed by atoms with Gasteiger partial charge in [-0.2, -0.15) is 0 Å². The van der Waals surface area contributed by atoms with Gasteiger partial charge in [0.15, 0.2) is 5.76 Å². The quantitative estimate of drug-likeness (QED) is 0.524. The van der Waals surface area contributed by atoms with Crippen LogP contribution in [0.15, 0.2) is 71.9 Å². The van der Waals surface area contributed by atoms with E-state index >= 15 is 0 Å². The number of aliphatic imine (C=N–C) groups is 1. The van der Waals surface area contributed by atoms with Crippen LogP contribution >= 0.6 is 0 Å². The molecule has 0 unspecified atom stereocenters. The molecular weight excluding hydrogens is 381 g/mol. The first kappa shape index (κ1) is 19.8. The van der Waals surface area contributed by atoms with E-state index in [9.17, 15) is 4.39 Å². The average Bonchev–Trinajstić information content (AvgIpc) is 3.17. The second kappa shape index (κ2) is 8.92. The zero-order valence-electron chi connectivity index (χ0n) is 16.8. The molecule has 3 N–H and O–H groups in total. The van der Waals surface area contributed by atoms with Crippen LogP contribution in [0.4, 0.5) is 4.39 Å². The van der Waals surface area contributed by atoms with Gasteiger partial charge in [-0.1, -0.05) is 24.8 Å². The van der Waals surface area contributed by atoms with Gasteiger partial charge in [0.1, 0.15) is 12.5 Å². The van der Waals surface area contributed by atoms with E-state index in [-0.39, 0.29) is 0 Å². The highest BCUT2D eigenvalue weighted by molar-refractivity contribution is 5.97. The Labute approximate surface area is 174 Å². The summed E-state index contributed by atoms with van der Waals surface area (Å²) in [6, 6.07) is 9.64. The number of halogens is 1. The van der Waals surface area contributed by atoms with E-state index in [2.05, 4.69) is 39.3 Å². The minimum Gasteiger partial charge on any atom is -0.475 e. The predicted octanol–water partition coefficient (Wildman–Crippen LogP) is 3.75.